The quantitative estimate of drug-likeness (QED) is 0.814. The zero-order valence-corrected chi connectivity index (χ0v) is 14.3. The van der Waals surface area contributed by atoms with Crippen molar-refractivity contribution in [1.82, 2.24) is 4.90 Å². The van der Waals surface area contributed by atoms with Gasteiger partial charge >= 0.3 is 0 Å². The molecule has 0 radical (unpaired) electrons. The largest absolute Gasteiger partial charge is 0.508 e. The van der Waals surface area contributed by atoms with Gasteiger partial charge in [0.2, 0.25) is 0 Å². The predicted molar refractivity (Wildman–Crippen MR) is 99.2 cm³/mol. The number of aliphatic hydroxyl groups excluding tert-OH is 1. The maximum absolute atomic E-state index is 10.2. The molecule has 1 atom stereocenters. The first-order chi connectivity index (χ1) is 12.2. The minimum absolute atomic E-state index is 0.292. The molecule has 25 heavy (non-hydrogen) atoms. The van der Waals surface area contributed by atoms with Gasteiger partial charge in [-0.05, 0) is 35.3 Å². The van der Waals surface area contributed by atoms with E-state index < -0.39 is 6.10 Å². The van der Waals surface area contributed by atoms with E-state index in [1.807, 2.05) is 42.5 Å². The summed E-state index contributed by atoms with van der Waals surface area (Å²) in [5.74, 6) is 0.292. The van der Waals surface area contributed by atoms with E-state index in [0.29, 0.717) is 25.5 Å². The van der Waals surface area contributed by atoms with Crippen LogP contribution in [0.2, 0.25) is 0 Å². The minimum Gasteiger partial charge on any atom is -0.508 e. The molecule has 0 aliphatic carbocycles. The second-order valence-corrected chi connectivity index (χ2v) is 6.44. The summed E-state index contributed by atoms with van der Waals surface area (Å²) >= 11 is 0. The molecule has 1 heterocycles. The van der Waals surface area contributed by atoms with Crippen LogP contribution >= 0.6 is 0 Å². The average molecular weight is 339 g/mol. The van der Waals surface area contributed by atoms with Crippen molar-refractivity contribution in [2.24, 2.45) is 0 Å². The Kier molecular flexibility index (Phi) is 6.23. The molecule has 2 aromatic rings. The van der Waals surface area contributed by atoms with E-state index >= 15 is 0 Å². The molecule has 1 aliphatic heterocycles. The van der Waals surface area contributed by atoms with Gasteiger partial charge in [-0.25, -0.2) is 0 Å². The minimum atomic E-state index is -0.479. The number of aliphatic hydroxyl groups is 1. The maximum atomic E-state index is 10.2. The number of phenolic OH excluding ortho intramolecular Hbond substituents is 1. The molecule has 0 amide bonds. The summed E-state index contributed by atoms with van der Waals surface area (Å²) in [5, 5.41) is 19.6. The van der Waals surface area contributed by atoms with E-state index in [1.54, 1.807) is 12.1 Å². The van der Waals surface area contributed by atoms with Crippen LogP contribution in [-0.2, 0) is 11.3 Å². The zero-order valence-electron chi connectivity index (χ0n) is 14.3. The second-order valence-electron chi connectivity index (χ2n) is 6.44. The molecular formula is C21H25NO3. The molecule has 0 saturated heterocycles. The molecule has 0 spiro atoms. The molecule has 3 rings (SSSR count). The van der Waals surface area contributed by atoms with Gasteiger partial charge in [-0.1, -0.05) is 48.5 Å². The molecule has 0 fully saturated rings. The fraction of sp³-hybridized carbons (Fsp3) is 0.333. The van der Waals surface area contributed by atoms with E-state index in [9.17, 15) is 10.2 Å². The molecule has 132 valence electrons. The lowest BCUT2D eigenvalue weighted by atomic mass is 9.99. The molecule has 1 aliphatic rings. The Morgan fingerprint density at radius 1 is 1.04 bits per heavy atom. The third-order valence-corrected chi connectivity index (χ3v) is 4.42. The topological polar surface area (TPSA) is 52.9 Å². The van der Waals surface area contributed by atoms with Crippen molar-refractivity contribution in [3.05, 3.63) is 71.8 Å². The summed E-state index contributed by atoms with van der Waals surface area (Å²) < 4.78 is 5.61. The van der Waals surface area contributed by atoms with Crippen LogP contribution in [0.15, 0.2) is 60.7 Å². The Morgan fingerprint density at radius 2 is 1.80 bits per heavy atom. The standard InChI is InChI=1S/C21H25NO3/c23-20-8-6-18(7-9-20)19-10-12-22(13-11-19)14-21(24)16-25-15-17-4-2-1-3-5-17/h1-10,21,23-24H,11-16H2. The van der Waals surface area contributed by atoms with Crippen LogP contribution in [0.3, 0.4) is 0 Å². The van der Waals surface area contributed by atoms with Crippen molar-refractivity contribution < 1.29 is 14.9 Å². The Balaban J connectivity index is 1.41. The summed E-state index contributed by atoms with van der Waals surface area (Å²) in [6, 6.07) is 17.3. The molecule has 1 unspecified atom stereocenters. The fourth-order valence-electron chi connectivity index (χ4n) is 3.05. The summed E-state index contributed by atoms with van der Waals surface area (Å²) in [4.78, 5) is 2.24. The number of phenols is 1. The number of benzene rings is 2. The maximum Gasteiger partial charge on any atom is 0.115 e. The fourth-order valence-corrected chi connectivity index (χ4v) is 3.05. The van der Waals surface area contributed by atoms with Crippen LogP contribution in [0.5, 0.6) is 5.75 Å². The van der Waals surface area contributed by atoms with E-state index in [1.165, 1.54) is 5.57 Å². The Hall–Kier alpha value is -2.14. The second kappa shape index (κ2) is 8.81. The van der Waals surface area contributed by atoms with Gasteiger partial charge in [0, 0.05) is 19.6 Å². The molecule has 2 N–H and O–H groups in total. The van der Waals surface area contributed by atoms with Gasteiger partial charge in [-0.15, -0.1) is 0 Å². The highest BCUT2D eigenvalue weighted by atomic mass is 16.5. The number of rotatable bonds is 7. The molecule has 0 saturated carbocycles. The lowest BCUT2D eigenvalue weighted by Crippen LogP contribution is -2.37. The third kappa shape index (κ3) is 5.43. The predicted octanol–water partition coefficient (Wildman–Crippen LogP) is 3.06. The number of β-amino-alcohol motifs (C(OH)–C–C–N with tert-alkyl or cyclic N) is 1. The van der Waals surface area contributed by atoms with Crippen molar-refractivity contribution in [3.8, 4) is 5.75 Å². The first-order valence-corrected chi connectivity index (χ1v) is 8.71. The first kappa shape index (κ1) is 17.7. The number of nitrogens with zero attached hydrogens (tertiary/aromatic N) is 1. The lowest BCUT2D eigenvalue weighted by Gasteiger charge is -2.28. The highest BCUT2D eigenvalue weighted by Gasteiger charge is 2.16. The van der Waals surface area contributed by atoms with Crippen LogP contribution in [-0.4, -0.2) is 47.5 Å². The van der Waals surface area contributed by atoms with Crippen molar-refractivity contribution in [2.75, 3.05) is 26.2 Å². The Morgan fingerprint density at radius 3 is 2.48 bits per heavy atom. The van der Waals surface area contributed by atoms with Crippen LogP contribution in [0.25, 0.3) is 5.57 Å². The summed E-state index contributed by atoms with van der Waals surface area (Å²) in [7, 11) is 0. The Labute approximate surface area is 149 Å². The normalized spacial score (nSPS) is 16.4. The molecule has 2 aromatic carbocycles. The van der Waals surface area contributed by atoms with Gasteiger partial charge in [0.25, 0.3) is 0 Å². The molecule has 0 bridgehead atoms. The van der Waals surface area contributed by atoms with E-state index in [4.69, 9.17) is 4.74 Å². The van der Waals surface area contributed by atoms with E-state index in [2.05, 4.69) is 11.0 Å². The monoisotopic (exact) mass is 339 g/mol. The third-order valence-electron chi connectivity index (χ3n) is 4.42. The smallest absolute Gasteiger partial charge is 0.115 e. The van der Waals surface area contributed by atoms with Crippen LogP contribution in [0, 0.1) is 0 Å². The first-order valence-electron chi connectivity index (χ1n) is 8.71. The van der Waals surface area contributed by atoms with E-state index in [-0.39, 0.29) is 0 Å². The number of hydrogen-bond donors (Lipinski definition) is 2. The number of ether oxygens (including phenoxy) is 1. The van der Waals surface area contributed by atoms with Gasteiger partial charge < -0.3 is 14.9 Å². The van der Waals surface area contributed by atoms with Crippen LogP contribution < -0.4 is 0 Å². The highest BCUT2D eigenvalue weighted by Crippen LogP contribution is 2.24. The summed E-state index contributed by atoms with van der Waals surface area (Å²) in [6.07, 6.45) is 2.67. The van der Waals surface area contributed by atoms with Gasteiger partial charge in [0.15, 0.2) is 0 Å². The van der Waals surface area contributed by atoms with Gasteiger partial charge in [0.1, 0.15) is 5.75 Å². The van der Waals surface area contributed by atoms with Gasteiger partial charge in [0.05, 0.1) is 19.3 Å². The number of aromatic hydroxyl groups is 1. The van der Waals surface area contributed by atoms with Crippen LogP contribution in [0.4, 0.5) is 0 Å². The van der Waals surface area contributed by atoms with Gasteiger partial charge in [-0.3, -0.25) is 4.90 Å². The van der Waals surface area contributed by atoms with Crippen molar-refractivity contribution in [3.63, 3.8) is 0 Å². The molecular weight excluding hydrogens is 314 g/mol. The number of hydrogen-bond acceptors (Lipinski definition) is 4. The van der Waals surface area contributed by atoms with Crippen molar-refractivity contribution >= 4 is 5.57 Å². The molecule has 0 aromatic heterocycles. The molecule has 4 heteroatoms. The lowest BCUT2D eigenvalue weighted by molar-refractivity contribution is 0.0115. The zero-order chi connectivity index (χ0) is 17.5. The summed E-state index contributed by atoms with van der Waals surface area (Å²) in [6.45, 7) is 3.24. The van der Waals surface area contributed by atoms with Crippen LogP contribution in [0.1, 0.15) is 17.5 Å². The Bertz CT molecular complexity index is 682. The highest BCUT2D eigenvalue weighted by molar-refractivity contribution is 5.67. The van der Waals surface area contributed by atoms with Crippen molar-refractivity contribution in [2.45, 2.75) is 19.1 Å². The molecule has 4 nitrogen and oxygen atoms in total. The van der Waals surface area contributed by atoms with Gasteiger partial charge in [-0.2, -0.15) is 0 Å². The van der Waals surface area contributed by atoms with Crippen molar-refractivity contribution in [1.29, 1.82) is 0 Å². The average Bonchev–Trinajstić information content (AvgIpc) is 2.64. The summed E-state index contributed by atoms with van der Waals surface area (Å²) in [5.41, 5.74) is 3.57. The SMILES string of the molecule is Oc1ccc(C2=CCN(CC(O)COCc3ccccc3)CC2)cc1. The van der Waals surface area contributed by atoms with E-state index in [0.717, 1.165) is 30.6 Å².